The van der Waals surface area contributed by atoms with Crippen LogP contribution < -0.4 is 24.8 Å². The van der Waals surface area contributed by atoms with E-state index in [1.807, 2.05) is 0 Å². The molecule has 0 spiro atoms. The van der Waals surface area contributed by atoms with Gasteiger partial charge in [-0.3, -0.25) is 0 Å². The molecule has 0 aliphatic heterocycles. The first kappa shape index (κ1) is 33.6. The Kier molecular flexibility index (Phi) is 10.1. The quantitative estimate of drug-likeness (QED) is 0.300. The molecule has 4 aromatic carbocycles. The van der Waals surface area contributed by atoms with E-state index in [1.165, 1.54) is 50.1 Å². The first-order chi connectivity index (χ1) is 19.5. The van der Waals surface area contributed by atoms with Gasteiger partial charge in [-0.2, -0.15) is 0 Å². The fourth-order valence-corrected chi connectivity index (χ4v) is 16.1. The molecule has 6 rings (SSSR count). The second-order valence-electron chi connectivity index (χ2n) is 13.4. The topological polar surface area (TPSA) is 0 Å². The molecule has 1 atom stereocenters. The maximum Gasteiger partial charge on any atom is -1.00 e. The molecular formula is C40H42Cl2Zr. The Morgan fingerprint density at radius 2 is 1.02 bits per heavy atom. The van der Waals surface area contributed by atoms with Gasteiger partial charge in [0.2, 0.25) is 0 Å². The Morgan fingerprint density at radius 3 is 1.42 bits per heavy atom. The minimum atomic E-state index is -2.76. The number of rotatable bonds is 4. The maximum atomic E-state index is 2.64. The van der Waals surface area contributed by atoms with Gasteiger partial charge < -0.3 is 24.8 Å². The van der Waals surface area contributed by atoms with E-state index in [-0.39, 0.29) is 30.2 Å². The van der Waals surface area contributed by atoms with Crippen LogP contribution in [0.2, 0.25) is 0 Å². The number of aryl methyl sites for hydroxylation is 4. The van der Waals surface area contributed by atoms with E-state index >= 15 is 0 Å². The summed E-state index contributed by atoms with van der Waals surface area (Å²) < 4.78 is 3.78. The van der Waals surface area contributed by atoms with Crippen LogP contribution in [-0.2, 0) is 21.3 Å². The second-order valence-corrected chi connectivity index (χ2v) is 19.5. The van der Waals surface area contributed by atoms with Crippen molar-refractivity contribution in [1.29, 1.82) is 0 Å². The van der Waals surface area contributed by atoms with Gasteiger partial charge in [-0.15, -0.1) is 0 Å². The summed E-state index contributed by atoms with van der Waals surface area (Å²) in [4.78, 5) is 0. The fourth-order valence-electron chi connectivity index (χ4n) is 6.68. The molecule has 220 valence electrons. The molecular weight excluding hydrogens is 643 g/mol. The fraction of sp³-hybridized carbons (Fsp3) is 0.275. The number of allylic oxidation sites excluding steroid dienone is 4. The van der Waals surface area contributed by atoms with Crippen LogP contribution in [0.3, 0.4) is 0 Å². The smallest absolute Gasteiger partial charge is 1.00 e. The van der Waals surface area contributed by atoms with Crippen LogP contribution >= 0.6 is 0 Å². The number of hydrogen-bond donors (Lipinski definition) is 0. The van der Waals surface area contributed by atoms with Crippen LogP contribution in [0.1, 0.15) is 75.8 Å². The molecule has 43 heavy (non-hydrogen) atoms. The van der Waals surface area contributed by atoms with E-state index in [1.54, 1.807) is 17.6 Å². The van der Waals surface area contributed by atoms with Crippen molar-refractivity contribution in [2.45, 2.75) is 59.0 Å². The standard InChI is InChI=1S/C15H13.C15H14.C10H15.2ClH.Zr/c1-10-3-5-14-12(7-10)9-13-8-11(2)4-6-15(13)14;1-12-3-7-14(8-4-12)11-15-9-5-13(2)6-10-15;1-8-5-6-9(7-8)10(2,3)4;;;/h3-9H,1-2H3;3-10H,1-2H3;6-8H,1-4H3;2*1H;/q;;;;;+2/p-2. The van der Waals surface area contributed by atoms with Crippen LogP contribution in [-0.4, -0.2) is 3.21 Å². The molecule has 2 aliphatic carbocycles. The summed E-state index contributed by atoms with van der Waals surface area (Å²) in [5.74, 6) is 0.451. The summed E-state index contributed by atoms with van der Waals surface area (Å²) in [5, 5.41) is 0. The first-order valence-electron chi connectivity index (χ1n) is 15.1. The van der Waals surface area contributed by atoms with Crippen LogP contribution in [0, 0.1) is 39.0 Å². The van der Waals surface area contributed by atoms with Gasteiger partial charge in [0.15, 0.2) is 0 Å². The predicted molar refractivity (Wildman–Crippen MR) is 174 cm³/mol. The molecule has 0 saturated heterocycles. The van der Waals surface area contributed by atoms with Gasteiger partial charge in [-0.1, -0.05) is 0 Å². The molecule has 0 heterocycles. The van der Waals surface area contributed by atoms with Gasteiger partial charge in [0.25, 0.3) is 0 Å². The Labute approximate surface area is 279 Å². The van der Waals surface area contributed by atoms with Crippen LogP contribution in [0.15, 0.2) is 106 Å². The monoisotopic (exact) mass is 682 g/mol. The molecule has 4 aromatic rings. The summed E-state index contributed by atoms with van der Waals surface area (Å²) >= 11 is -2.76. The van der Waals surface area contributed by atoms with E-state index in [2.05, 4.69) is 152 Å². The van der Waals surface area contributed by atoms with Gasteiger partial charge in [0.05, 0.1) is 0 Å². The molecule has 0 aromatic heterocycles. The first-order valence-corrected chi connectivity index (χ1v) is 18.9. The molecule has 0 bridgehead atoms. The van der Waals surface area contributed by atoms with Crippen molar-refractivity contribution in [1.82, 2.24) is 0 Å². The second kappa shape index (κ2) is 13.0. The van der Waals surface area contributed by atoms with Crippen molar-refractivity contribution in [2.24, 2.45) is 11.3 Å². The SMILES string of the molecule is Cc1ccc([C](c2ccc(C)cc2)=[Zr+2]([C]2=CC(C(C)(C)C)=CC2C)[CH]2c3cc(C)ccc3-c3ccc(C)cc32)cc1.[Cl-].[Cl-]. The van der Waals surface area contributed by atoms with Gasteiger partial charge in [-0.05, 0) is 0 Å². The molecule has 3 heteroatoms. The zero-order valence-electron chi connectivity index (χ0n) is 26.6. The van der Waals surface area contributed by atoms with E-state index < -0.39 is 21.3 Å². The van der Waals surface area contributed by atoms with E-state index in [4.69, 9.17) is 0 Å². The molecule has 0 nitrogen and oxygen atoms in total. The number of hydrogen-bond acceptors (Lipinski definition) is 0. The van der Waals surface area contributed by atoms with Gasteiger partial charge in [-0.25, -0.2) is 0 Å². The van der Waals surface area contributed by atoms with Crippen LogP contribution in [0.25, 0.3) is 11.1 Å². The third kappa shape index (κ3) is 6.42. The Hall–Kier alpha value is -2.31. The molecule has 0 radical (unpaired) electrons. The zero-order valence-corrected chi connectivity index (χ0v) is 30.6. The average Bonchev–Trinajstić information content (AvgIpc) is 3.46. The molecule has 0 saturated carbocycles. The summed E-state index contributed by atoms with van der Waals surface area (Å²) in [7, 11) is 0. The third-order valence-corrected chi connectivity index (χ3v) is 17.7. The van der Waals surface area contributed by atoms with Crippen molar-refractivity contribution in [3.8, 4) is 11.1 Å². The summed E-state index contributed by atoms with van der Waals surface area (Å²) in [6.45, 7) is 18.5. The average molecular weight is 685 g/mol. The number of halogens is 2. The number of fused-ring (bicyclic) bond motifs is 3. The van der Waals surface area contributed by atoms with E-state index in [0.717, 1.165) is 0 Å². The minimum Gasteiger partial charge on any atom is -1.00 e. The predicted octanol–water partition coefficient (Wildman–Crippen LogP) is 4.39. The summed E-state index contributed by atoms with van der Waals surface area (Å²) in [6.07, 6.45) is 5.21. The summed E-state index contributed by atoms with van der Waals surface area (Å²) in [5.41, 5.74) is 15.8. The Morgan fingerprint density at radius 1 is 0.605 bits per heavy atom. The normalized spacial score (nSPS) is 15.3. The molecule has 0 N–H and O–H groups in total. The van der Waals surface area contributed by atoms with Crippen molar-refractivity contribution >= 4 is 3.21 Å². The van der Waals surface area contributed by atoms with Crippen molar-refractivity contribution in [3.63, 3.8) is 0 Å². The minimum absolute atomic E-state index is 0. The molecule has 1 unspecified atom stereocenters. The van der Waals surface area contributed by atoms with Gasteiger partial charge in [0, 0.05) is 0 Å². The van der Waals surface area contributed by atoms with Crippen LogP contribution in [0.5, 0.6) is 0 Å². The Balaban J connectivity index is 0.00000212. The zero-order chi connectivity index (χ0) is 29.1. The maximum absolute atomic E-state index is 2.76. The van der Waals surface area contributed by atoms with E-state index in [0.29, 0.717) is 9.54 Å². The van der Waals surface area contributed by atoms with Gasteiger partial charge >= 0.3 is 256 Å². The Bertz CT molecular complexity index is 1650. The third-order valence-electron chi connectivity index (χ3n) is 8.97. The van der Waals surface area contributed by atoms with Crippen molar-refractivity contribution < 1.29 is 46.1 Å². The van der Waals surface area contributed by atoms with Crippen molar-refractivity contribution in [3.05, 3.63) is 150 Å². The van der Waals surface area contributed by atoms with Crippen molar-refractivity contribution in [2.75, 3.05) is 0 Å². The molecule has 2 aliphatic rings. The molecule has 0 fully saturated rings. The van der Waals surface area contributed by atoms with Crippen LogP contribution in [0.4, 0.5) is 0 Å². The summed E-state index contributed by atoms with van der Waals surface area (Å²) in [6, 6.07) is 33.2. The molecule has 0 amide bonds. The van der Waals surface area contributed by atoms with Gasteiger partial charge in [0.1, 0.15) is 0 Å². The largest absolute Gasteiger partial charge is 1.00 e. The number of benzene rings is 4. The van der Waals surface area contributed by atoms with E-state index in [9.17, 15) is 0 Å².